The lowest BCUT2D eigenvalue weighted by Crippen LogP contribution is -2.01. The number of benzene rings is 1. The Hall–Kier alpha value is -0.670. The van der Waals surface area contributed by atoms with E-state index in [-0.39, 0.29) is 5.78 Å². The quantitative estimate of drug-likeness (QED) is 0.536. The predicted molar refractivity (Wildman–Crippen MR) is 78.2 cm³/mol. The zero-order chi connectivity index (χ0) is 13.4. The summed E-state index contributed by atoms with van der Waals surface area (Å²) in [5.74, 6) is 0.268. The molecule has 0 bridgehead atoms. The largest absolute Gasteiger partial charge is 0.377 e. The first-order valence-corrected chi connectivity index (χ1v) is 7.47. The van der Waals surface area contributed by atoms with E-state index in [0.717, 1.165) is 19.4 Å². The van der Waals surface area contributed by atoms with Gasteiger partial charge in [0.25, 0.3) is 0 Å². The van der Waals surface area contributed by atoms with Crippen molar-refractivity contribution in [2.45, 2.75) is 39.7 Å². The number of alkyl halides is 1. The predicted octanol–water partition coefficient (Wildman–Crippen LogP) is 3.95. The molecule has 0 aromatic heterocycles. The highest BCUT2D eigenvalue weighted by atomic mass is 79.9. The van der Waals surface area contributed by atoms with E-state index in [4.69, 9.17) is 4.74 Å². The Bertz CT molecular complexity index is 388. The number of hydrogen-bond donors (Lipinski definition) is 0. The molecule has 0 N–H and O–H groups in total. The summed E-state index contributed by atoms with van der Waals surface area (Å²) < 4.78 is 5.63. The van der Waals surface area contributed by atoms with Crippen molar-refractivity contribution in [2.75, 3.05) is 11.9 Å². The Morgan fingerprint density at radius 1 is 1.28 bits per heavy atom. The van der Waals surface area contributed by atoms with Crippen LogP contribution in [-0.4, -0.2) is 17.7 Å². The smallest absolute Gasteiger partial charge is 0.143 e. The Morgan fingerprint density at radius 3 is 2.72 bits per heavy atom. The van der Waals surface area contributed by atoms with Crippen LogP contribution in [0.15, 0.2) is 18.2 Å². The van der Waals surface area contributed by atoms with Crippen LogP contribution in [0.3, 0.4) is 0 Å². The van der Waals surface area contributed by atoms with Crippen LogP contribution in [0.2, 0.25) is 0 Å². The Kier molecular flexibility index (Phi) is 7.21. The molecule has 0 fully saturated rings. The molecule has 3 heteroatoms. The Labute approximate surface area is 118 Å². The van der Waals surface area contributed by atoms with Gasteiger partial charge in [0.05, 0.1) is 11.9 Å². The molecular formula is C15H21BrO2. The molecule has 0 atom stereocenters. The third-order valence-electron chi connectivity index (χ3n) is 2.90. The number of carbonyl (C=O) groups excluding carboxylic acids is 1. The normalized spacial score (nSPS) is 10.6. The third-order valence-corrected chi connectivity index (χ3v) is 3.52. The van der Waals surface area contributed by atoms with Gasteiger partial charge in [-0.3, -0.25) is 4.79 Å². The fourth-order valence-electron chi connectivity index (χ4n) is 1.78. The number of unbranched alkanes of at least 4 members (excludes halogenated alkanes) is 1. The SMILES string of the molecule is Cc1ccc(COCCCCC(=O)CBr)c(C)c1. The molecule has 1 aromatic rings. The van der Waals surface area contributed by atoms with Crippen LogP contribution >= 0.6 is 15.9 Å². The van der Waals surface area contributed by atoms with E-state index in [9.17, 15) is 4.79 Å². The van der Waals surface area contributed by atoms with Crippen LogP contribution in [0.4, 0.5) is 0 Å². The van der Waals surface area contributed by atoms with Crippen LogP contribution < -0.4 is 0 Å². The van der Waals surface area contributed by atoms with Crippen molar-refractivity contribution < 1.29 is 9.53 Å². The number of halogens is 1. The molecule has 0 aliphatic heterocycles. The van der Waals surface area contributed by atoms with Gasteiger partial charge in [0.2, 0.25) is 0 Å². The molecule has 0 heterocycles. The second-order valence-electron chi connectivity index (χ2n) is 4.61. The summed E-state index contributed by atoms with van der Waals surface area (Å²) in [6.07, 6.45) is 2.51. The summed E-state index contributed by atoms with van der Waals surface area (Å²) in [6, 6.07) is 6.41. The molecule has 0 radical (unpaired) electrons. The first-order chi connectivity index (χ1) is 8.63. The van der Waals surface area contributed by atoms with Crippen LogP contribution in [0, 0.1) is 13.8 Å². The fourth-order valence-corrected chi connectivity index (χ4v) is 2.06. The molecule has 18 heavy (non-hydrogen) atoms. The van der Waals surface area contributed by atoms with Gasteiger partial charge >= 0.3 is 0 Å². The third kappa shape index (κ3) is 5.78. The van der Waals surface area contributed by atoms with Gasteiger partial charge in [-0.15, -0.1) is 0 Å². The van der Waals surface area contributed by atoms with Gasteiger partial charge in [-0.1, -0.05) is 39.7 Å². The molecule has 0 aliphatic carbocycles. The molecule has 0 spiro atoms. The standard InChI is InChI=1S/C15H21BrO2/c1-12-6-7-14(13(2)9-12)11-18-8-4-3-5-15(17)10-16/h6-7,9H,3-5,8,10-11H2,1-2H3. The van der Waals surface area contributed by atoms with E-state index < -0.39 is 0 Å². The minimum atomic E-state index is 0.268. The molecular weight excluding hydrogens is 292 g/mol. The van der Waals surface area contributed by atoms with Crippen LogP contribution in [0.1, 0.15) is 36.0 Å². The Balaban J connectivity index is 2.16. The van der Waals surface area contributed by atoms with Crippen molar-refractivity contribution in [2.24, 2.45) is 0 Å². The maximum absolute atomic E-state index is 11.1. The first-order valence-electron chi connectivity index (χ1n) is 6.35. The van der Waals surface area contributed by atoms with Crippen LogP contribution in [0.25, 0.3) is 0 Å². The average Bonchev–Trinajstić information content (AvgIpc) is 2.35. The fraction of sp³-hybridized carbons (Fsp3) is 0.533. The molecule has 0 saturated heterocycles. The van der Waals surface area contributed by atoms with E-state index in [1.54, 1.807) is 0 Å². The minimum Gasteiger partial charge on any atom is -0.377 e. The van der Waals surface area contributed by atoms with Gasteiger partial charge in [-0.25, -0.2) is 0 Å². The molecule has 1 aromatic carbocycles. The van der Waals surface area contributed by atoms with Gasteiger partial charge in [0.1, 0.15) is 5.78 Å². The van der Waals surface area contributed by atoms with Crippen molar-refractivity contribution in [3.63, 3.8) is 0 Å². The van der Waals surface area contributed by atoms with Crippen LogP contribution in [0.5, 0.6) is 0 Å². The van der Waals surface area contributed by atoms with Crippen molar-refractivity contribution in [3.05, 3.63) is 34.9 Å². The number of ether oxygens (including phenoxy) is 1. The highest BCUT2D eigenvalue weighted by molar-refractivity contribution is 9.09. The summed E-state index contributed by atoms with van der Waals surface area (Å²) in [5, 5.41) is 0.469. The van der Waals surface area contributed by atoms with E-state index in [0.29, 0.717) is 18.4 Å². The molecule has 2 nitrogen and oxygen atoms in total. The zero-order valence-electron chi connectivity index (χ0n) is 11.2. The number of ketones is 1. The van der Waals surface area contributed by atoms with Crippen molar-refractivity contribution in [1.82, 2.24) is 0 Å². The molecule has 0 aliphatic rings. The van der Waals surface area contributed by atoms with Crippen molar-refractivity contribution >= 4 is 21.7 Å². The van der Waals surface area contributed by atoms with Gasteiger partial charge < -0.3 is 4.74 Å². The lowest BCUT2D eigenvalue weighted by molar-refractivity contribution is -0.116. The summed E-state index contributed by atoms with van der Waals surface area (Å²) in [5.41, 5.74) is 3.81. The minimum absolute atomic E-state index is 0.268. The summed E-state index contributed by atoms with van der Waals surface area (Å²) in [4.78, 5) is 11.1. The summed E-state index contributed by atoms with van der Waals surface area (Å²) >= 11 is 3.16. The maximum atomic E-state index is 11.1. The monoisotopic (exact) mass is 312 g/mol. The molecule has 0 amide bonds. The number of Topliss-reactive ketones (excluding diaryl/α,β-unsaturated/α-hetero) is 1. The highest BCUT2D eigenvalue weighted by Gasteiger charge is 2.00. The number of rotatable bonds is 8. The summed E-state index contributed by atoms with van der Waals surface area (Å²) in [6.45, 7) is 5.60. The maximum Gasteiger partial charge on any atom is 0.143 e. The molecule has 1 rings (SSSR count). The van der Waals surface area contributed by atoms with E-state index in [1.807, 2.05) is 0 Å². The second kappa shape index (κ2) is 8.44. The van der Waals surface area contributed by atoms with Crippen molar-refractivity contribution in [3.8, 4) is 0 Å². The average molecular weight is 313 g/mol. The molecule has 0 unspecified atom stereocenters. The Morgan fingerprint density at radius 2 is 2.06 bits per heavy atom. The molecule has 0 saturated carbocycles. The lowest BCUT2D eigenvalue weighted by atomic mass is 10.1. The van der Waals surface area contributed by atoms with E-state index >= 15 is 0 Å². The topological polar surface area (TPSA) is 26.3 Å². The number of aryl methyl sites for hydroxylation is 2. The van der Waals surface area contributed by atoms with Gasteiger partial charge in [-0.2, -0.15) is 0 Å². The van der Waals surface area contributed by atoms with Gasteiger partial charge in [0.15, 0.2) is 0 Å². The number of hydrogen-bond acceptors (Lipinski definition) is 2. The first kappa shape index (κ1) is 15.4. The van der Waals surface area contributed by atoms with Crippen molar-refractivity contribution in [1.29, 1.82) is 0 Å². The number of carbonyl (C=O) groups is 1. The van der Waals surface area contributed by atoms with Gasteiger partial charge in [0, 0.05) is 13.0 Å². The lowest BCUT2D eigenvalue weighted by Gasteiger charge is -2.08. The summed E-state index contributed by atoms with van der Waals surface area (Å²) in [7, 11) is 0. The van der Waals surface area contributed by atoms with E-state index in [2.05, 4.69) is 48.0 Å². The van der Waals surface area contributed by atoms with Gasteiger partial charge in [-0.05, 0) is 37.8 Å². The highest BCUT2D eigenvalue weighted by Crippen LogP contribution is 2.12. The van der Waals surface area contributed by atoms with E-state index in [1.165, 1.54) is 16.7 Å². The molecule has 100 valence electrons. The zero-order valence-corrected chi connectivity index (χ0v) is 12.8. The second-order valence-corrected chi connectivity index (χ2v) is 5.17. The van der Waals surface area contributed by atoms with Crippen LogP contribution in [-0.2, 0) is 16.1 Å².